The van der Waals surface area contributed by atoms with E-state index < -0.39 is 7.65 Å². The summed E-state index contributed by atoms with van der Waals surface area (Å²) in [6.07, 6.45) is 9.70. The van der Waals surface area contributed by atoms with Gasteiger partial charge in [-0.25, -0.2) is 4.20 Å². The third-order valence-electron chi connectivity index (χ3n) is 6.98. The Morgan fingerprint density at radius 1 is 0.806 bits per heavy atom. The van der Waals surface area contributed by atoms with Gasteiger partial charge in [-0.2, -0.15) is 0 Å². The highest BCUT2D eigenvalue weighted by Crippen LogP contribution is 2.44. The second-order valence-corrected chi connectivity index (χ2v) is 11.6. The predicted octanol–water partition coefficient (Wildman–Crippen LogP) is 10.0. The molecule has 0 bridgehead atoms. The van der Waals surface area contributed by atoms with Crippen LogP contribution in [0.5, 0.6) is 0 Å². The molecule has 1 aromatic heterocycles. The van der Waals surface area contributed by atoms with E-state index in [0.717, 1.165) is 27.9 Å². The lowest BCUT2D eigenvalue weighted by molar-refractivity contribution is 0.436. The second-order valence-electron chi connectivity index (χ2n) is 10.4. The average Bonchev–Trinajstić information content (AvgIpc) is 2.73. The van der Waals surface area contributed by atoms with E-state index in [4.69, 9.17) is 4.20 Å². The summed E-state index contributed by atoms with van der Waals surface area (Å²) in [5.41, 5.74) is 3.49. The summed E-state index contributed by atoms with van der Waals surface area (Å²) < 4.78 is 19.1. The first-order chi connectivity index (χ1) is 14.7. The first-order valence-electron chi connectivity index (χ1n) is 12.1. The molecular formula is C28H40O2P+. The lowest BCUT2D eigenvalue weighted by Crippen LogP contribution is -2.22. The minimum Gasteiger partial charge on any atom is -0.249 e. The van der Waals surface area contributed by atoms with Gasteiger partial charge in [0.05, 0.1) is 0 Å². The molecule has 0 N–H and O–H groups in total. The summed E-state index contributed by atoms with van der Waals surface area (Å²) in [5.74, 6) is 0. The molecule has 3 heteroatoms. The molecule has 0 saturated carbocycles. The fourth-order valence-electron chi connectivity index (χ4n) is 4.73. The first-order valence-corrected chi connectivity index (χ1v) is 13.3. The van der Waals surface area contributed by atoms with E-state index in [1.807, 2.05) is 18.2 Å². The maximum Gasteiger partial charge on any atom is 0.597 e. The van der Waals surface area contributed by atoms with Gasteiger partial charge < -0.3 is 0 Å². The van der Waals surface area contributed by atoms with E-state index in [-0.39, 0.29) is 10.8 Å². The van der Waals surface area contributed by atoms with Gasteiger partial charge in [-0.3, -0.25) is 0 Å². The van der Waals surface area contributed by atoms with Crippen molar-refractivity contribution >= 4 is 29.1 Å². The highest BCUT2D eigenvalue weighted by molar-refractivity contribution is 7.37. The summed E-state index contributed by atoms with van der Waals surface area (Å²) in [4.78, 5) is 0. The fourth-order valence-corrected chi connectivity index (χ4v) is 5.79. The number of hydrogen-bond acceptors (Lipinski definition) is 2. The molecule has 0 aliphatic carbocycles. The monoisotopic (exact) mass is 439 g/mol. The number of fused-ring (bicyclic) bond motifs is 3. The largest absolute Gasteiger partial charge is 0.597 e. The molecule has 0 spiro atoms. The van der Waals surface area contributed by atoms with Gasteiger partial charge in [-0.15, -0.1) is 0 Å². The lowest BCUT2D eigenvalue weighted by atomic mass is 9.74. The second kappa shape index (κ2) is 9.86. The number of benzene rings is 2. The SMILES string of the molecule is CCCCCC(C)(C)c1cc(C(C)(C)CCCCC)c2o[p+](=O)c3ccccc3c2c1. The van der Waals surface area contributed by atoms with Gasteiger partial charge in [0.1, 0.15) is 0 Å². The van der Waals surface area contributed by atoms with Crippen molar-refractivity contribution in [2.45, 2.75) is 104 Å². The molecule has 0 saturated heterocycles. The average molecular weight is 440 g/mol. The van der Waals surface area contributed by atoms with Crippen molar-refractivity contribution in [3.05, 3.63) is 47.5 Å². The topological polar surface area (TPSA) is 30.2 Å². The number of hydrogen-bond donors (Lipinski definition) is 0. The van der Waals surface area contributed by atoms with Crippen LogP contribution in [0.15, 0.2) is 40.6 Å². The van der Waals surface area contributed by atoms with Gasteiger partial charge >= 0.3 is 7.65 Å². The minimum atomic E-state index is -1.87. The van der Waals surface area contributed by atoms with Crippen LogP contribution in [0, 0.1) is 0 Å². The van der Waals surface area contributed by atoms with E-state index in [1.165, 1.54) is 56.1 Å². The molecule has 0 aliphatic heterocycles. The Labute approximate surface area is 189 Å². The minimum absolute atomic E-state index is 0.0305. The zero-order valence-corrected chi connectivity index (χ0v) is 21.3. The quantitative estimate of drug-likeness (QED) is 0.232. The van der Waals surface area contributed by atoms with Crippen molar-refractivity contribution in [1.82, 2.24) is 0 Å². The third-order valence-corrected chi connectivity index (χ3v) is 8.11. The van der Waals surface area contributed by atoms with Crippen LogP contribution >= 0.6 is 7.65 Å². The van der Waals surface area contributed by atoms with Gasteiger partial charge in [0.2, 0.25) is 5.12 Å². The Hall–Kier alpha value is -1.66. The fraction of sp³-hybridized carbons (Fsp3) is 0.571. The molecule has 168 valence electrons. The number of unbranched alkanes of at least 4 members (excludes halogenated alkanes) is 4. The molecule has 31 heavy (non-hydrogen) atoms. The molecule has 0 fully saturated rings. The van der Waals surface area contributed by atoms with E-state index in [0.29, 0.717) is 0 Å². The predicted molar refractivity (Wildman–Crippen MR) is 136 cm³/mol. The Morgan fingerprint density at radius 2 is 1.42 bits per heavy atom. The van der Waals surface area contributed by atoms with Crippen LogP contribution in [-0.2, 0) is 15.4 Å². The van der Waals surface area contributed by atoms with Gasteiger partial charge in [-0.1, -0.05) is 98.3 Å². The standard InChI is InChI=1S/C28H40O2P/c1-7-9-13-17-27(3,4)21-19-23-22-15-11-12-16-25(22)31(29)30-26(23)24(20-21)28(5,6)18-14-10-8-2/h11-12,15-16,19-20H,7-10,13-14,17-18H2,1-6H3/q+1. The van der Waals surface area contributed by atoms with Crippen molar-refractivity contribution in [2.24, 2.45) is 0 Å². The Kier molecular flexibility index (Phi) is 7.63. The van der Waals surface area contributed by atoms with Gasteiger partial charge in [0.15, 0.2) is 5.58 Å². The number of rotatable bonds is 10. The van der Waals surface area contributed by atoms with E-state index in [9.17, 15) is 4.57 Å². The maximum atomic E-state index is 13.0. The Bertz CT molecular complexity index is 1090. The van der Waals surface area contributed by atoms with Crippen LogP contribution in [0.4, 0.5) is 0 Å². The summed E-state index contributed by atoms with van der Waals surface area (Å²) in [7, 11) is -1.87. The lowest BCUT2D eigenvalue weighted by Gasteiger charge is -2.30. The summed E-state index contributed by atoms with van der Waals surface area (Å²) in [5, 5.41) is 3.01. The van der Waals surface area contributed by atoms with Crippen molar-refractivity contribution in [3.8, 4) is 0 Å². The Balaban J connectivity index is 2.26. The van der Waals surface area contributed by atoms with Crippen LogP contribution in [0.1, 0.15) is 104 Å². The summed E-state index contributed by atoms with van der Waals surface area (Å²) >= 11 is 0. The highest BCUT2D eigenvalue weighted by Gasteiger charge is 2.31. The van der Waals surface area contributed by atoms with Crippen molar-refractivity contribution in [2.75, 3.05) is 0 Å². The first kappa shape index (κ1) is 24.0. The van der Waals surface area contributed by atoms with Crippen LogP contribution < -0.4 is 0 Å². The van der Waals surface area contributed by atoms with Crippen molar-refractivity contribution < 1.29 is 8.76 Å². The zero-order chi connectivity index (χ0) is 22.6. The highest BCUT2D eigenvalue weighted by atomic mass is 31.1. The van der Waals surface area contributed by atoms with Crippen LogP contribution in [0.2, 0.25) is 0 Å². The van der Waals surface area contributed by atoms with Gasteiger partial charge in [-0.05, 0) is 52.0 Å². The van der Waals surface area contributed by atoms with E-state index in [2.05, 4.69) is 59.7 Å². The summed E-state index contributed by atoms with van der Waals surface area (Å²) in [6, 6.07) is 12.7. The van der Waals surface area contributed by atoms with Crippen LogP contribution in [-0.4, -0.2) is 0 Å². The normalized spacial score (nSPS) is 13.3. The van der Waals surface area contributed by atoms with Crippen molar-refractivity contribution in [3.63, 3.8) is 0 Å². The zero-order valence-electron chi connectivity index (χ0n) is 20.4. The molecule has 0 radical (unpaired) electrons. The van der Waals surface area contributed by atoms with Crippen LogP contribution in [0.3, 0.4) is 0 Å². The molecule has 0 amide bonds. The molecule has 0 aliphatic rings. The molecule has 3 rings (SSSR count). The molecule has 3 aromatic rings. The molecule has 2 nitrogen and oxygen atoms in total. The van der Waals surface area contributed by atoms with Gasteiger partial charge in [0.25, 0.3) is 0 Å². The molecule has 1 atom stereocenters. The third kappa shape index (κ3) is 5.23. The summed E-state index contributed by atoms with van der Waals surface area (Å²) in [6.45, 7) is 13.9. The smallest absolute Gasteiger partial charge is 0.249 e. The van der Waals surface area contributed by atoms with Gasteiger partial charge in [0, 0.05) is 16.3 Å². The maximum absolute atomic E-state index is 13.0. The molecule has 2 aromatic carbocycles. The molecule has 1 unspecified atom stereocenters. The van der Waals surface area contributed by atoms with E-state index in [1.54, 1.807) is 0 Å². The molecule has 1 heterocycles. The van der Waals surface area contributed by atoms with E-state index >= 15 is 0 Å². The Morgan fingerprint density at radius 3 is 2.06 bits per heavy atom. The van der Waals surface area contributed by atoms with Crippen LogP contribution in [0.25, 0.3) is 21.5 Å². The van der Waals surface area contributed by atoms with Crippen molar-refractivity contribution in [1.29, 1.82) is 0 Å². The molecular weight excluding hydrogens is 399 g/mol.